The van der Waals surface area contributed by atoms with E-state index in [9.17, 15) is 9.59 Å². The van der Waals surface area contributed by atoms with E-state index in [4.69, 9.17) is 21.1 Å². The summed E-state index contributed by atoms with van der Waals surface area (Å²) in [5.41, 5.74) is 1.48. The van der Waals surface area contributed by atoms with Gasteiger partial charge < -0.3 is 9.47 Å². The first-order valence-corrected chi connectivity index (χ1v) is 7.89. The number of hydrogen-bond donors (Lipinski definition) is 0. The number of aryl methyl sites for hydroxylation is 1. The molecule has 1 aromatic carbocycles. The van der Waals surface area contributed by atoms with E-state index in [0.29, 0.717) is 17.0 Å². The molecule has 1 aliphatic carbocycles. The fraction of sp³-hybridized carbons (Fsp3) is 0.353. The van der Waals surface area contributed by atoms with Gasteiger partial charge in [0, 0.05) is 29.7 Å². The fourth-order valence-electron chi connectivity index (χ4n) is 2.69. The van der Waals surface area contributed by atoms with Crippen LogP contribution in [-0.4, -0.2) is 28.8 Å². The summed E-state index contributed by atoms with van der Waals surface area (Å²) in [6.45, 7) is 0. The summed E-state index contributed by atoms with van der Waals surface area (Å²) in [6, 6.07) is 6.63. The number of benzene rings is 1. The minimum absolute atomic E-state index is 0.0869. The van der Waals surface area contributed by atoms with Gasteiger partial charge in [-0.1, -0.05) is 23.7 Å². The van der Waals surface area contributed by atoms with Crippen molar-refractivity contribution in [2.45, 2.75) is 18.4 Å². The molecule has 1 fully saturated rings. The normalized spacial score (nSPS) is 20.3. The van der Waals surface area contributed by atoms with Gasteiger partial charge in [-0.15, -0.1) is 0 Å². The molecule has 0 aliphatic heterocycles. The average molecular weight is 349 g/mol. The lowest BCUT2D eigenvalue weighted by Crippen LogP contribution is -2.22. The number of esters is 2. The van der Waals surface area contributed by atoms with E-state index in [1.54, 1.807) is 35.1 Å². The van der Waals surface area contributed by atoms with Crippen molar-refractivity contribution in [3.05, 3.63) is 52.8 Å². The molecule has 1 heterocycles. The van der Waals surface area contributed by atoms with E-state index in [1.165, 1.54) is 7.11 Å². The Morgan fingerprint density at radius 2 is 2.21 bits per heavy atom. The number of aromatic nitrogens is 2. The molecular formula is C17H17ClN2O4. The van der Waals surface area contributed by atoms with Crippen molar-refractivity contribution in [2.75, 3.05) is 7.11 Å². The smallest absolute Gasteiger partial charge is 0.351 e. The lowest BCUT2D eigenvalue weighted by molar-refractivity contribution is -0.167. The summed E-state index contributed by atoms with van der Waals surface area (Å²) in [7, 11) is 3.08. The quantitative estimate of drug-likeness (QED) is 0.777. The third-order valence-corrected chi connectivity index (χ3v) is 4.28. The van der Waals surface area contributed by atoms with Crippen molar-refractivity contribution in [1.29, 1.82) is 0 Å². The highest BCUT2D eigenvalue weighted by atomic mass is 35.5. The van der Waals surface area contributed by atoms with Gasteiger partial charge in [0.2, 0.25) is 6.10 Å². The molecule has 1 aromatic heterocycles. The summed E-state index contributed by atoms with van der Waals surface area (Å²) in [4.78, 5) is 24.4. The van der Waals surface area contributed by atoms with Crippen LogP contribution in [0.2, 0.25) is 5.02 Å². The first-order chi connectivity index (χ1) is 11.5. The molecule has 3 atom stereocenters. The highest BCUT2D eigenvalue weighted by Gasteiger charge is 2.47. The highest BCUT2D eigenvalue weighted by molar-refractivity contribution is 6.30. The number of nitrogens with zero attached hydrogens (tertiary/aromatic N) is 2. The number of ether oxygens (including phenoxy) is 2. The second kappa shape index (κ2) is 6.65. The number of methoxy groups -OCH3 is 1. The molecule has 0 radical (unpaired) electrons. The molecule has 0 unspecified atom stereocenters. The Bertz CT molecular complexity index is 773. The number of carbonyl (C=O) groups is 2. The molecule has 0 saturated heterocycles. The van der Waals surface area contributed by atoms with Crippen molar-refractivity contribution in [2.24, 2.45) is 13.0 Å². The van der Waals surface area contributed by atoms with Crippen molar-refractivity contribution in [3.63, 3.8) is 0 Å². The summed E-state index contributed by atoms with van der Waals surface area (Å²) in [5, 5.41) is 4.56. The molecule has 0 spiro atoms. The van der Waals surface area contributed by atoms with E-state index in [2.05, 4.69) is 5.10 Å². The molecule has 0 N–H and O–H groups in total. The predicted molar refractivity (Wildman–Crippen MR) is 86.4 cm³/mol. The molecule has 7 heteroatoms. The van der Waals surface area contributed by atoms with Gasteiger partial charge in [-0.2, -0.15) is 5.10 Å². The van der Waals surface area contributed by atoms with Crippen LogP contribution in [0.5, 0.6) is 0 Å². The largest absolute Gasteiger partial charge is 0.466 e. The number of carbonyl (C=O) groups excluding carboxylic acids is 2. The van der Waals surface area contributed by atoms with E-state index < -0.39 is 18.0 Å². The number of halogens is 1. The standard InChI is InChI=1S/C17H17ClN2O4/c1-20-9-11(8-19-20)13-7-14(13)16(21)24-15(17(22)23-2)10-4-3-5-12(18)6-10/h3-6,8-9,13-15H,7H2,1-2H3/t13-,14-,15-/m1/s1. The van der Waals surface area contributed by atoms with Crippen molar-refractivity contribution in [3.8, 4) is 0 Å². The van der Waals surface area contributed by atoms with Crippen molar-refractivity contribution < 1.29 is 19.1 Å². The van der Waals surface area contributed by atoms with Crippen LogP contribution in [0.15, 0.2) is 36.7 Å². The van der Waals surface area contributed by atoms with Crippen LogP contribution in [0.4, 0.5) is 0 Å². The Morgan fingerprint density at radius 3 is 2.83 bits per heavy atom. The maximum absolute atomic E-state index is 12.4. The molecule has 3 rings (SSSR count). The van der Waals surface area contributed by atoms with E-state index in [1.807, 2.05) is 13.2 Å². The summed E-state index contributed by atoms with van der Waals surface area (Å²) in [5.74, 6) is -1.23. The molecular weight excluding hydrogens is 332 g/mol. The predicted octanol–water partition coefficient (Wildman–Crippen LogP) is 2.63. The molecule has 1 saturated carbocycles. The lowest BCUT2D eigenvalue weighted by Gasteiger charge is -2.16. The highest BCUT2D eigenvalue weighted by Crippen LogP contribution is 2.48. The Morgan fingerprint density at radius 1 is 1.42 bits per heavy atom. The Labute approximate surface area is 144 Å². The Balaban J connectivity index is 1.71. The van der Waals surface area contributed by atoms with Gasteiger partial charge in [-0.3, -0.25) is 9.48 Å². The maximum atomic E-state index is 12.4. The van der Waals surface area contributed by atoms with E-state index in [-0.39, 0.29) is 11.8 Å². The molecule has 0 bridgehead atoms. The average Bonchev–Trinajstić information content (AvgIpc) is 3.26. The minimum Gasteiger partial charge on any atom is -0.466 e. The maximum Gasteiger partial charge on any atom is 0.351 e. The third-order valence-electron chi connectivity index (χ3n) is 4.05. The van der Waals surface area contributed by atoms with Crippen LogP contribution in [0, 0.1) is 5.92 Å². The fourth-order valence-corrected chi connectivity index (χ4v) is 2.89. The summed E-state index contributed by atoms with van der Waals surface area (Å²) in [6.07, 6.45) is 3.20. The zero-order valence-electron chi connectivity index (χ0n) is 13.3. The summed E-state index contributed by atoms with van der Waals surface area (Å²) >= 11 is 5.95. The second-order valence-corrected chi connectivity index (χ2v) is 6.23. The van der Waals surface area contributed by atoms with Crippen LogP contribution < -0.4 is 0 Å². The van der Waals surface area contributed by atoms with Crippen molar-refractivity contribution >= 4 is 23.5 Å². The van der Waals surface area contributed by atoms with Crippen LogP contribution in [0.25, 0.3) is 0 Å². The molecule has 6 nitrogen and oxygen atoms in total. The number of hydrogen-bond acceptors (Lipinski definition) is 5. The van der Waals surface area contributed by atoms with Gasteiger partial charge >= 0.3 is 11.9 Å². The van der Waals surface area contributed by atoms with E-state index >= 15 is 0 Å². The SMILES string of the molecule is COC(=O)[C@H](OC(=O)[C@@H]1C[C@@H]1c1cnn(C)c1)c1cccc(Cl)c1. The van der Waals surface area contributed by atoms with Gasteiger partial charge in [0.15, 0.2) is 0 Å². The lowest BCUT2D eigenvalue weighted by atomic mass is 10.1. The molecule has 1 aliphatic rings. The van der Waals surface area contributed by atoms with Gasteiger partial charge in [-0.05, 0) is 24.1 Å². The van der Waals surface area contributed by atoms with Crippen LogP contribution in [-0.2, 0) is 26.1 Å². The minimum atomic E-state index is -1.11. The monoisotopic (exact) mass is 348 g/mol. The van der Waals surface area contributed by atoms with E-state index in [0.717, 1.165) is 5.56 Å². The Hall–Kier alpha value is -2.34. The first-order valence-electron chi connectivity index (χ1n) is 7.52. The van der Waals surface area contributed by atoms with Gasteiger partial charge in [-0.25, -0.2) is 4.79 Å². The first kappa shape index (κ1) is 16.5. The molecule has 2 aromatic rings. The molecule has 0 amide bonds. The summed E-state index contributed by atoms with van der Waals surface area (Å²) < 4.78 is 11.9. The Kier molecular flexibility index (Phi) is 4.57. The van der Waals surface area contributed by atoms with Gasteiger partial charge in [0.25, 0.3) is 0 Å². The van der Waals surface area contributed by atoms with Gasteiger partial charge in [0.05, 0.1) is 19.2 Å². The second-order valence-electron chi connectivity index (χ2n) is 5.79. The topological polar surface area (TPSA) is 70.4 Å². The van der Waals surface area contributed by atoms with Crippen LogP contribution in [0.3, 0.4) is 0 Å². The van der Waals surface area contributed by atoms with Crippen LogP contribution >= 0.6 is 11.6 Å². The van der Waals surface area contributed by atoms with Gasteiger partial charge in [0.1, 0.15) is 0 Å². The number of rotatable bonds is 5. The van der Waals surface area contributed by atoms with Crippen molar-refractivity contribution in [1.82, 2.24) is 9.78 Å². The zero-order chi connectivity index (χ0) is 17.3. The van der Waals surface area contributed by atoms with Crippen LogP contribution in [0.1, 0.15) is 29.6 Å². The third kappa shape index (κ3) is 3.43. The molecule has 24 heavy (non-hydrogen) atoms. The zero-order valence-corrected chi connectivity index (χ0v) is 14.1. The molecule has 126 valence electrons.